The molecular weight excluding hydrogens is 222 g/mol. The van der Waals surface area contributed by atoms with Gasteiger partial charge in [-0.3, -0.25) is 14.7 Å². The second kappa shape index (κ2) is 7.03. The predicted octanol–water partition coefficient (Wildman–Crippen LogP) is -0.167. The molecule has 0 aromatic carbocycles. The van der Waals surface area contributed by atoms with E-state index in [1.165, 1.54) is 4.90 Å². The third-order valence-corrected chi connectivity index (χ3v) is 2.67. The molecule has 1 aliphatic rings. The van der Waals surface area contributed by atoms with Crippen molar-refractivity contribution in [3.05, 3.63) is 12.3 Å². The Hall–Kier alpha value is -1.40. The van der Waals surface area contributed by atoms with E-state index in [1.54, 1.807) is 19.3 Å². The Morgan fingerprint density at radius 1 is 1.65 bits per heavy atom. The number of hydrogen-bond acceptors (Lipinski definition) is 4. The Kier molecular flexibility index (Phi) is 5.65. The summed E-state index contributed by atoms with van der Waals surface area (Å²) < 4.78 is 5.62. The molecule has 0 aliphatic carbocycles. The van der Waals surface area contributed by atoms with E-state index in [9.17, 15) is 4.79 Å². The molecule has 1 fully saturated rings. The van der Waals surface area contributed by atoms with E-state index < -0.39 is 0 Å². The number of ether oxygens (including phenoxy) is 1. The lowest BCUT2D eigenvalue weighted by molar-refractivity contribution is -0.126. The summed E-state index contributed by atoms with van der Waals surface area (Å²) in [6, 6.07) is 0. The summed E-state index contributed by atoms with van der Waals surface area (Å²) in [7, 11) is 1.58. The number of aliphatic hydroxyl groups excluding tert-OH is 1. The number of hydrogen-bond donors (Lipinski definition) is 2. The van der Waals surface area contributed by atoms with Crippen LogP contribution in [0.25, 0.3) is 0 Å². The lowest BCUT2D eigenvalue weighted by Crippen LogP contribution is -2.30. The highest BCUT2D eigenvalue weighted by Crippen LogP contribution is 2.23. The number of carbonyl (C=O) groups excluding carboxylic acids is 1. The lowest BCUT2D eigenvalue weighted by Gasteiger charge is -2.21. The van der Waals surface area contributed by atoms with Crippen LogP contribution in [0.1, 0.15) is 19.3 Å². The van der Waals surface area contributed by atoms with Gasteiger partial charge in [-0.05, 0) is 25.3 Å². The first-order valence-corrected chi connectivity index (χ1v) is 5.60. The Morgan fingerprint density at radius 2 is 2.41 bits per heavy atom. The van der Waals surface area contributed by atoms with Crippen molar-refractivity contribution in [3.63, 3.8) is 0 Å². The van der Waals surface area contributed by atoms with Crippen molar-refractivity contribution in [1.29, 1.82) is 0 Å². The van der Waals surface area contributed by atoms with Crippen molar-refractivity contribution < 1.29 is 14.6 Å². The Bertz CT molecular complexity index is 304. The van der Waals surface area contributed by atoms with Gasteiger partial charge in [-0.1, -0.05) is 0 Å². The number of aliphatic hydroxyl groups is 1. The quantitative estimate of drug-likeness (QED) is 0.384. The average Bonchev–Trinajstić information content (AvgIpc) is 2.78. The van der Waals surface area contributed by atoms with Crippen LogP contribution in [0, 0.1) is 0 Å². The molecule has 0 bridgehead atoms. The van der Waals surface area contributed by atoms with Crippen LogP contribution in [0.3, 0.4) is 0 Å². The van der Waals surface area contributed by atoms with E-state index in [-0.39, 0.29) is 18.9 Å². The van der Waals surface area contributed by atoms with E-state index >= 15 is 0 Å². The molecule has 6 heteroatoms. The number of amidine groups is 1. The van der Waals surface area contributed by atoms with Gasteiger partial charge in [0.05, 0.1) is 6.10 Å². The van der Waals surface area contributed by atoms with Gasteiger partial charge in [0, 0.05) is 19.9 Å². The van der Waals surface area contributed by atoms with Gasteiger partial charge in [-0.2, -0.15) is 0 Å². The average molecular weight is 241 g/mol. The van der Waals surface area contributed by atoms with Crippen LogP contribution in [-0.4, -0.2) is 48.2 Å². The summed E-state index contributed by atoms with van der Waals surface area (Å²) in [5.41, 5.74) is 5.50. The van der Waals surface area contributed by atoms with Crippen LogP contribution >= 0.6 is 0 Å². The van der Waals surface area contributed by atoms with Gasteiger partial charge in [0.1, 0.15) is 12.1 Å². The highest BCUT2D eigenvalue weighted by Gasteiger charge is 2.27. The molecule has 96 valence electrons. The van der Waals surface area contributed by atoms with Gasteiger partial charge in [0.25, 0.3) is 0 Å². The minimum atomic E-state index is -0.273. The third-order valence-electron chi connectivity index (χ3n) is 2.67. The number of aliphatic imine (C=N–C) groups is 1. The van der Waals surface area contributed by atoms with Crippen molar-refractivity contribution >= 4 is 12.2 Å². The number of rotatable bonds is 6. The molecule has 0 aromatic heterocycles. The fraction of sp³-hybridized carbons (Fsp3) is 0.636. The van der Waals surface area contributed by atoms with Crippen LogP contribution in [-0.2, 0) is 9.53 Å². The normalized spacial score (nSPS) is 25.4. The van der Waals surface area contributed by atoms with Crippen LogP contribution in [0.2, 0.25) is 0 Å². The first-order valence-electron chi connectivity index (χ1n) is 5.60. The summed E-state index contributed by atoms with van der Waals surface area (Å²) in [5.74, 6) is 0.349. The van der Waals surface area contributed by atoms with Crippen molar-refractivity contribution in [2.24, 2.45) is 10.7 Å². The minimum absolute atomic E-state index is 0.0260. The molecule has 0 spiro atoms. The zero-order chi connectivity index (χ0) is 12.7. The molecule has 0 aromatic rings. The number of amides is 1. The predicted molar refractivity (Wildman–Crippen MR) is 64.2 cm³/mol. The monoisotopic (exact) mass is 241 g/mol. The zero-order valence-electron chi connectivity index (χ0n) is 9.95. The van der Waals surface area contributed by atoms with Gasteiger partial charge in [-0.15, -0.1) is 0 Å². The fourth-order valence-corrected chi connectivity index (χ4v) is 1.70. The topological polar surface area (TPSA) is 88.2 Å². The van der Waals surface area contributed by atoms with Crippen molar-refractivity contribution in [2.75, 3.05) is 13.7 Å². The molecule has 1 rings (SSSR count). The summed E-state index contributed by atoms with van der Waals surface area (Å²) in [6.45, 7) is 0.101. The maximum Gasteiger partial charge on any atom is 0.215 e. The molecule has 1 heterocycles. The summed E-state index contributed by atoms with van der Waals surface area (Å²) >= 11 is 0. The standard InChI is InChI=1S/C11H19N3O3/c1-13-10(12)4-6-14(8-16)11-3-2-9(17-11)5-7-15/h4,6,8-9,11,15H,2-3,5,7H2,1H3,(H2,12,13)/b6-4-. The molecule has 1 amide bonds. The third kappa shape index (κ3) is 4.16. The first kappa shape index (κ1) is 13.7. The Labute approximate surface area is 101 Å². The summed E-state index contributed by atoms with van der Waals surface area (Å²) in [5, 5.41) is 8.81. The van der Waals surface area contributed by atoms with Crippen LogP contribution in [0.4, 0.5) is 0 Å². The van der Waals surface area contributed by atoms with E-state index in [2.05, 4.69) is 4.99 Å². The molecule has 0 saturated carbocycles. The number of carbonyl (C=O) groups is 1. The first-order chi connectivity index (χ1) is 8.21. The van der Waals surface area contributed by atoms with Crippen LogP contribution in [0.5, 0.6) is 0 Å². The Balaban J connectivity index is 2.52. The van der Waals surface area contributed by atoms with Gasteiger partial charge < -0.3 is 15.6 Å². The van der Waals surface area contributed by atoms with Gasteiger partial charge in [0.15, 0.2) is 0 Å². The highest BCUT2D eigenvalue weighted by molar-refractivity contribution is 5.91. The molecule has 6 nitrogen and oxygen atoms in total. The molecular formula is C11H19N3O3. The van der Waals surface area contributed by atoms with Crippen molar-refractivity contribution in [2.45, 2.75) is 31.6 Å². The molecule has 17 heavy (non-hydrogen) atoms. The largest absolute Gasteiger partial charge is 0.396 e. The molecule has 2 unspecified atom stereocenters. The summed E-state index contributed by atoms with van der Waals surface area (Å²) in [4.78, 5) is 16.1. The molecule has 3 N–H and O–H groups in total. The number of nitrogens with zero attached hydrogens (tertiary/aromatic N) is 2. The Morgan fingerprint density at radius 3 is 3.00 bits per heavy atom. The maximum absolute atomic E-state index is 10.9. The molecule has 0 radical (unpaired) electrons. The van der Waals surface area contributed by atoms with Crippen LogP contribution in [0.15, 0.2) is 17.3 Å². The van der Waals surface area contributed by atoms with E-state index in [1.807, 2.05) is 0 Å². The smallest absolute Gasteiger partial charge is 0.215 e. The van der Waals surface area contributed by atoms with Gasteiger partial charge in [-0.25, -0.2) is 0 Å². The second-order valence-corrected chi connectivity index (χ2v) is 3.82. The summed E-state index contributed by atoms with van der Waals surface area (Å²) in [6.07, 6.45) is 5.77. The molecule has 1 saturated heterocycles. The number of nitrogens with two attached hydrogens (primary N) is 1. The van der Waals surface area contributed by atoms with Crippen molar-refractivity contribution in [1.82, 2.24) is 4.90 Å². The molecule has 2 atom stereocenters. The van der Waals surface area contributed by atoms with Crippen molar-refractivity contribution in [3.8, 4) is 0 Å². The lowest BCUT2D eigenvalue weighted by atomic mass is 10.2. The minimum Gasteiger partial charge on any atom is -0.396 e. The fourth-order valence-electron chi connectivity index (χ4n) is 1.70. The zero-order valence-corrected chi connectivity index (χ0v) is 9.95. The van der Waals surface area contributed by atoms with E-state index in [0.29, 0.717) is 18.7 Å². The second-order valence-electron chi connectivity index (χ2n) is 3.82. The van der Waals surface area contributed by atoms with E-state index in [4.69, 9.17) is 15.6 Å². The maximum atomic E-state index is 10.9. The SMILES string of the molecule is CN=C(N)/C=C\N(C=O)C1CCC(CCO)O1. The van der Waals surface area contributed by atoms with Gasteiger partial charge in [0.2, 0.25) is 6.41 Å². The molecule has 1 aliphatic heterocycles. The van der Waals surface area contributed by atoms with Gasteiger partial charge >= 0.3 is 0 Å². The highest BCUT2D eigenvalue weighted by atomic mass is 16.5. The van der Waals surface area contributed by atoms with Crippen LogP contribution < -0.4 is 5.73 Å². The van der Waals surface area contributed by atoms with E-state index in [0.717, 1.165) is 12.8 Å².